The molecule has 3 aromatic heterocycles. The molecule has 0 bridgehead atoms. The van der Waals surface area contributed by atoms with E-state index in [1.165, 1.54) is 33.5 Å². The van der Waals surface area contributed by atoms with E-state index in [1.807, 2.05) is 0 Å². The molecule has 0 N–H and O–H groups in total. The van der Waals surface area contributed by atoms with Crippen LogP contribution in [0.5, 0.6) is 0 Å². The van der Waals surface area contributed by atoms with Crippen LogP contribution in [0.25, 0.3) is 16.9 Å². The second-order valence-electron chi connectivity index (χ2n) is 6.21. The molecule has 29 heavy (non-hydrogen) atoms. The van der Waals surface area contributed by atoms with Crippen LogP contribution in [0.2, 0.25) is 0 Å². The number of halogens is 1. The Bertz CT molecular complexity index is 1130. The first-order chi connectivity index (χ1) is 13.8. The lowest BCUT2D eigenvalue weighted by Crippen LogP contribution is -2.35. The molecule has 0 aliphatic heterocycles. The highest BCUT2D eigenvalue weighted by Gasteiger charge is 2.24. The summed E-state index contributed by atoms with van der Waals surface area (Å²) in [5.41, 5.74) is 1.54. The summed E-state index contributed by atoms with van der Waals surface area (Å²) < 4.78 is 40.7. The average molecular weight is 417 g/mol. The van der Waals surface area contributed by atoms with E-state index in [0.29, 0.717) is 30.0 Å². The van der Waals surface area contributed by atoms with Gasteiger partial charge in [-0.05, 0) is 12.1 Å². The first kappa shape index (κ1) is 20.7. The summed E-state index contributed by atoms with van der Waals surface area (Å²) in [6.45, 7) is 4.04. The number of ketones is 1. The number of pyridine rings is 2. The van der Waals surface area contributed by atoms with Gasteiger partial charge in [0.05, 0.1) is 30.0 Å². The second-order valence-corrected chi connectivity index (χ2v) is 8.18. The number of sulfonamides is 1. The van der Waals surface area contributed by atoms with Gasteiger partial charge < -0.3 is 0 Å². The van der Waals surface area contributed by atoms with Crippen molar-refractivity contribution < 1.29 is 17.6 Å². The number of carbonyl (C=O) groups excluding carboxylic acids is 1. The van der Waals surface area contributed by atoms with Crippen LogP contribution in [0.4, 0.5) is 4.39 Å². The predicted octanol–water partition coefficient (Wildman–Crippen LogP) is 2.32. The average Bonchev–Trinajstić information content (AvgIpc) is 3.19. The SMILES string of the molecule is CCN(CC)S(=O)(=O)CC(=O)c1cccc(-c2cnn(-c3cncc(F)c3)c2)n1. The normalized spacial score (nSPS) is 11.7. The highest BCUT2D eigenvalue weighted by atomic mass is 32.2. The zero-order valence-corrected chi connectivity index (χ0v) is 16.8. The Morgan fingerprint density at radius 1 is 1.17 bits per heavy atom. The third-order valence-electron chi connectivity index (χ3n) is 4.28. The standard InChI is InChI=1S/C19H20FN5O3S/c1-3-24(4-2)29(27,28)13-19(26)18-7-5-6-17(23-18)14-9-22-25(12-14)16-8-15(20)10-21-11-16/h5-12H,3-4,13H2,1-2H3. The lowest BCUT2D eigenvalue weighted by atomic mass is 10.2. The smallest absolute Gasteiger partial charge is 0.221 e. The van der Waals surface area contributed by atoms with Gasteiger partial charge in [-0.25, -0.2) is 26.8 Å². The van der Waals surface area contributed by atoms with Crippen molar-refractivity contribution >= 4 is 15.8 Å². The van der Waals surface area contributed by atoms with Crippen LogP contribution in [-0.2, 0) is 10.0 Å². The van der Waals surface area contributed by atoms with Gasteiger partial charge in [0.25, 0.3) is 0 Å². The molecule has 0 saturated heterocycles. The molecule has 3 rings (SSSR count). The van der Waals surface area contributed by atoms with Gasteiger partial charge >= 0.3 is 0 Å². The van der Waals surface area contributed by atoms with Gasteiger partial charge in [-0.2, -0.15) is 5.10 Å². The lowest BCUT2D eigenvalue weighted by molar-refractivity contribution is 0.101. The molecular formula is C19H20FN5O3S. The number of hydrogen-bond donors (Lipinski definition) is 0. The quantitative estimate of drug-likeness (QED) is 0.522. The van der Waals surface area contributed by atoms with Crippen molar-refractivity contribution in [2.24, 2.45) is 0 Å². The minimum absolute atomic E-state index is 0.0541. The first-order valence-corrected chi connectivity index (χ1v) is 10.6. The molecule has 0 saturated carbocycles. The zero-order valence-electron chi connectivity index (χ0n) is 16.0. The first-order valence-electron chi connectivity index (χ1n) is 8.98. The third-order valence-corrected chi connectivity index (χ3v) is 6.21. The number of hydrogen-bond acceptors (Lipinski definition) is 6. The van der Waals surface area contributed by atoms with Crippen LogP contribution in [0.3, 0.4) is 0 Å². The minimum Gasteiger partial charge on any atom is -0.291 e. The maximum Gasteiger partial charge on any atom is 0.221 e. The number of Topliss-reactive ketones (excluding diaryl/α,β-unsaturated/α-hetero) is 1. The van der Waals surface area contributed by atoms with Crippen LogP contribution >= 0.6 is 0 Å². The Hall–Kier alpha value is -2.98. The Balaban J connectivity index is 1.84. The monoisotopic (exact) mass is 417 g/mol. The van der Waals surface area contributed by atoms with E-state index in [9.17, 15) is 17.6 Å². The molecule has 152 valence electrons. The Morgan fingerprint density at radius 3 is 2.62 bits per heavy atom. The highest BCUT2D eigenvalue weighted by molar-refractivity contribution is 7.89. The van der Waals surface area contributed by atoms with Crippen molar-refractivity contribution in [2.45, 2.75) is 13.8 Å². The van der Waals surface area contributed by atoms with Crippen LogP contribution in [0.1, 0.15) is 24.3 Å². The van der Waals surface area contributed by atoms with Crippen LogP contribution < -0.4 is 0 Å². The van der Waals surface area contributed by atoms with Crippen molar-refractivity contribution in [2.75, 3.05) is 18.8 Å². The van der Waals surface area contributed by atoms with Gasteiger partial charge in [0.15, 0.2) is 5.78 Å². The van der Waals surface area contributed by atoms with Crippen molar-refractivity contribution in [1.82, 2.24) is 24.1 Å². The summed E-state index contributed by atoms with van der Waals surface area (Å²) in [7, 11) is -3.70. The molecule has 0 unspecified atom stereocenters. The largest absolute Gasteiger partial charge is 0.291 e. The molecule has 0 aliphatic rings. The molecule has 0 radical (unpaired) electrons. The minimum atomic E-state index is -3.70. The summed E-state index contributed by atoms with van der Waals surface area (Å²) in [5.74, 6) is -1.71. The summed E-state index contributed by atoms with van der Waals surface area (Å²) in [6, 6.07) is 6.07. The molecule has 0 fully saturated rings. The maximum absolute atomic E-state index is 13.4. The molecule has 0 amide bonds. The highest BCUT2D eigenvalue weighted by Crippen LogP contribution is 2.19. The Kier molecular flexibility index (Phi) is 6.14. The summed E-state index contributed by atoms with van der Waals surface area (Å²) >= 11 is 0. The molecule has 0 spiro atoms. The summed E-state index contributed by atoms with van der Waals surface area (Å²) in [5, 5.41) is 4.17. The summed E-state index contributed by atoms with van der Waals surface area (Å²) in [4.78, 5) is 20.6. The lowest BCUT2D eigenvalue weighted by Gasteiger charge is -2.17. The van der Waals surface area contributed by atoms with Crippen molar-refractivity contribution in [1.29, 1.82) is 0 Å². The molecular weight excluding hydrogens is 397 g/mol. The van der Waals surface area contributed by atoms with Crippen molar-refractivity contribution in [3.05, 3.63) is 60.6 Å². The van der Waals surface area contributed by atoms with Crippen molar-refractivity contribution in [3.63, 3.8) is 0 Å². The van der Waals surface area contributed by atoms with E-state index >= 15 is 0 Å². The number of rotatable bonds is 8. The van der Waals surface area contributed by atoms with Crippen LogP contribution in [0.15, 0.2) is 49.1 Å². The molecule has 0 aromatic carbocycles. The molecule has 8 nitrogen and oxygen atoms in total. The fraction of sp³-hybridized carbons (Fsp3) is 0.263. The van der Waals surface area contributed by atoms with Gasteiger partial charge in [-0.1, -0.05) is 19.9 Å². The second kappa shape index (κ2) is 8.58. The van der Waals surface area contributed by atoms with E-state index in [0.717, 1.165) is 6.20 Å². The van der Waals surface area contributed by atoms with Gasteiger partial charge in [0.2, 0.25) is 10.0 Å². The summed E-state index contributed by atoms with van der Waals surface area (Å²) in [6.07, 6.45) is 5.70. The van der Waals surface area contributed by atoms with E-state index in [2.05, 4.69) is 15.1 Å². The fourth-order valence-electron chi connectivity index (χ4n) is 2.82. The topological polar surface area (TPSA) is 98.1 Å². The molecule has 10 heteroatoms. The van der Waals surface area contributed by atoms with Crippen LogP contribution in [-0.4, -0.2) is 57.1 Å². The van der Waals surface area contributed by atoms with Gasteiger partial charge in [-0.3, -0.25) is 9.78 Å². The third kappa shape index (κ3) is 4.72. The number of aromatic nitrogens is 4. The van der Waals surface area contributed by atoms with E-state index < -0.39 is 27.4 Å². The van der Waals surface area contributed by atoms with E-state index in [-0.39, 0.29) is 5.69 Å². The number of carbonyl (C=O) groups is 1. The van der Waals surface area contributed by atoms with Crippen molar-refractivity contribution in [3.8, 4) is 16.9 Å². The van der Waals surface area contributed by atoms with E-state index in [4.69, 9.17) is 0 Å². The predicted molar refractivity (Wildman–Crippen MR) is 106 cm³/mol. The maximum atomic E-state index is 13.4. The van der Waals surface area contributed by atoms with Crippen LogP contribution in [0, 0.1) is 5.82 Å². The van der Waals surface area contributed by atoms with Gasteiger partial charge in [0, 0.05) is 30.9 Å². The van der Waals surface area contributed by atoms with E-state index in [1.54, 1.807) is 32.2 Å². The Labute approximate surface area is 168 Å². The van der Waals surface area contributed by atoms with Gasteiger partial charge in [0.1, 0.15) is 17.3 Å². The molecule has 3 aromatic rings. The Morgan fingerprint density at radius 2 is 1.93 bits per heavy atom. The molecule has 3 heterocycles. The zero-order chi connectivity index (χ0) is 21.0. The van der Waals surface area contributed by atoms with Gasteiger partial charge in [-0.15, -0.1) is 0 Å². The number of nitrogens with zero attached hydrogens (tertiary/aromatic N) is 5. The fourth-order valence-corrected chi connectivity index (χ4v) is 4.27. The molecule has 0 aliphatic carbocycles. The molecule has 0 atom stereocenters.